The van der Waals surface area contributed by atoms with Crippen molar-refractivity contribution in [3.8, 4) is 0 Å². The van der Waals surface area contributed by atoms with E-state index >= 15 is 0 Å². The van der Waals surface area contributed by atoms with E-state index in [9.17, 15) is 29.1 Å². The predicted molar refractivity (Wildman–Crippen MR) is 220 cm³/mol. The maximum absolute atomic E-state index is 13.7. The molecule has 0 bridgehead atoms. The first-order valence-electron chi connectivity index (χ1n) is 16.0. The van der Waals surface area contributed by atoms with Crippen LogP contribution in [0.25, 0.3) is 10.8 Å². The summed E-state index contributed by atoms with van der Waals surface area (Å²) in [6.07, 6.45) is 0. The van der Waals surface area contributed by atoms with Crippen molar-refractivity contribution in [2.45, 2.75) is 5.72 Å². The number of anilines is 4. The largest absolute Gasteiger partial charge is 0.359 e. The summed E-state index contributed by atoms with van der Waals surface area (Å²) in [7, 11) is 0. The van der Waals surface area contributed by atoms with Gasteiger partial charge in [0.15, 0.2) is 0 Å². The fourth-order valence-electron chi connectivity index (χ4n) is 6.04. The number of hydrogen-bond donors (Lipinski definition) is 1. The molecule has 6 aromatic carbocycles. The third-order valence-corrected chi connectivity index (χ3v) is 10.8. The van der Waals surface area contributed by atoms with Gasteiger partial charge in [-0.2, -0.15) is 0 Å². The molecule has 0 aromatic heterocycles. The molecule has 1 unspecified atom stereocenters. The van der Waals surface area contributed by atoms with Crippen LogP contribution in [0.3, 0.4) is 0 Å². The SMILES string of the molecule is O=C1C(=O)N(c2ccc(Br)cc2)C(=O)N1c1ccc(Br)cc1.O=C1N(c2ccc(Br)cc2)C(=O)C(O)(c2ccc3ccccc3c2)N1c1ccc(Br)cc1. The molecule has 1 atom stereocenters. The zero-order valence-corrected chi connectivity index (χ0v) is 33.9. The minimum absolute atomic E-state index is 0.317. The number of hydrogen-bond acceptors (Lipinski definition) is 6. The standard InChI is InChI=1S/C25H16Br2N2O3.C15H8Br2N2O3/c26-19-7-11-21(12-8-19)28-23(30)25(32,18-6-5-16-3-1-2-4-17(16)15-18)29(24(28)31)22-13-9-20(27)10-14-22;16-9-1-5-11(6-2-9)18-13(20)14(21)19(15(18)22)12-7-3-10(17)4-8-12/h1-15,32H;1-8H. The van der Waals surface area contributed by atoms with Crippen LogP contribution in [0.5, 0.6) is 0 Å². The molecule has 0 radical (unpaired) electrons. The molecule has 2 saturated heterocycles. The first-order chi connectivity index (χ1) is 25.9. The quantitative estimate of drug-likeness (QED) is 0.136. The molecule has 0 aliphatic carbocycles. The third kappa shape index (κ3) is 6.80. The molecule has 2 aliphatic rings. The summed E-state index contributed by atoms with van der Waals surface area (Å²) in [6.45, 7) is 0. The van der Waals surface area contributed by atoms with Crippen LogP contribution in [-0.2, 0) is 20.1 Å². The van der Waals surface area contributed by atoms with Crippen LogP contribution in [-0.4, -0.2) is 34.9 Å². The van der Waals surface area contributed by atoms with Gasteiger partial charge in [-0.1, -0.05) is 100 Å². The molecule has 2 fully saturated rings. The number of carbonyl (C=O) groups excluding carboxylic acids is 5. The van der Waals surface area contributed by atoms with Gasteiger partial charge in [-0.3, -0.25) is 19.3 Å². The van der Waals surface area contributed by atoms with Crippen molar-refractivity contribution in [3.05, 3.63) is 163 Å². The lowest BCUT2D eigenvalue weighted by atomic mass is 9.97. The Bertz CT molecular complexity index is 2400. The van der Waals surface area contributed by atoms with Gasteiger partial charge >= 0.3 is 23.9 Å². The van der Waals surface area contributed by atoms with Gasteiger partial charge in [0.05, 0.1) is 17.1 Å². The summed E-state index contributed by atoms with van der Waals surface area (Å²) >= 11 is 13.3. The number of fused-ring (bicyclic) bond motifs is 1. The predicted octanol–water partition coefficient (Wildman–Crippen LogP) is 9.89. The van der Waals surface area contributed by atoms with Gasteiger partial charge in [0, 0.05) is 29.1 Å². The smallest absolute Gasteiger partial charge is 0.343 e. The van der Waals surface area contributed by atoms with Gasteiger partial charge in [0.2, 0.25) is 0 Å². The van der Waals surface area contributed by atoms with Crippen molar-refractivity contribution in [2.75, 3.05) is 19.6 Å². The zero-order chi connectivity index (χ0) is 38.3. The number of urea groups is 2. The Kier molecular flexibility index (Phi) is 10.4. The van der Waals surface area contributed by atoms with Gasteiger partial charge in [-0.15, -0.1) is 0 Å². The Morgan fingerprint density at radius 3 is 1.26 bits per heavy atom. The molecule has 2 heterocycles. The molecule has 54 heavy (non-hydrogen) atoms. The van der Waals surface area contributed by atoms with Gasteiger partial charge in [0.25, 0.3) is 11.6 Å². The number of halogens is 4. The minimum atomic E-state index is -2.21. The van der Waals surface area contributed by atoms with E-state index in [4.69, 9.17) is 0 Å². The fourth-order valence-corrected chi connectivity index (χ4v) is 7.10. The fraction of sp³-hybridized carbons (Fsp3) is 0.0250. The Balaban J connectivity index is 0.000000179. The van der Waals surface area contributed by atoms with Crippen LogP contribution < -0.4 is 19.6 Å². The first kappa shape index (κ1) is 37.3. The van der Waals surface area contributed by atoms with Crippen molar-refractivity contribution in [1.29, 1.82) is 0 Å². The second kappa shape index (κ2) is 15.0. The van der Waals surface area contributed by atoms with Crippen LogP contribution >= 0.6 is 63.7 Å². The molecule has 8 rings (SSSR count). The highest BCUT2D eigenvalue weighted by Crippen LogP contribution is 2.42. The van der Waals surface area contributed by atoms with Gasteiger partial charge in [0.1, 0.15) is 0 Å². The lowest BCUT2D eigenvalue weighted by molar-refractivity contribution is -0.133. The Morgan fingerprint density at radius 1 is 0.426 bits per heavy atom. The highest BCUT2D eigenvalue weighted by Gasteiger charge is 2.59. The number of amides is 7. The van der Waals surface area contributed by atoms with E-state index in [1.54, 1.807) is 109 Å². The second-order valence-corrected chi connectivity index (χ2v) is 15.6. The van der Waals surface area contributed by atoms with E-state index in [0.29, 0.717) is 28.3 Å². The van der Waals surface area contributed by atoms with Gasteiger partial charge in [-0.25, -0.2) is 24.3 Å². The highest BCUT2D eigenvalue weighted by molar-refractivity contribution is 9.11. The third-order valence-electron chi connectivity index (χ3n) is 8.67. The number of aliphatic hydroxyl groups is 1. The summed E-state index contributed by atoms with van der Waals surface area (Å²) in [6, 6.07) is 38.5. The summed E-state index contributed by atoms with van der Waals surface area (Å²) in [5.74, 6) is -2.46. The minimum Gasteiger partial charge on any atom is -0.359 e. The number of imide groups is 3. The van der Waals surface area contributed by atoms with Crippen LogP contribution in [0.4, 0.5) is 32.3 Å². The van der Waals surface area contributed by atoms with Crippen LogP contribution in [0, 0.1) is 0 Å². The summed E-state index contributed by atoms with van der Waals surface area (Å²) in [5.41, 5.74) is -0.402. The number of rotatable bonds is 5. The van der Waals surface area contributed by atoms with Crippen LogP contribution in [0.1, 0.15) is 5.56 Å². The summed E-state index contributed by atoms with van der Waals surface area (Å²) in [4.78, 5) is 68.0. The van der Waals surface area contributed by atoms with E-state index < -0.39 is 35.5 Å². The Hall–Kier alpha value is -4.99. The highest BCUT2D eigenvalue weighted by atomic mass is 79.9. The molecule has 1 N–H and O–H groups in total. The average Bonchev–Trinajstić information content (AvgIpc) is 3.52. The zero-order valence-electron chi connectivity index (χ0n) is 27.6. The van der Waals surface area contributed by atoms with Crippen molar-refractivity contribution in [3.63, 3.8) is 0 Å². The van der Waals surface area contributed by atoms with E-state index in [0.717, 1.165) is 48.3 Å². The summed E-state index contributed by atoms with van der Waals surface area (Å²) in [5, 5.41) is 13.7. The molecule has 14 heteroatoms. The molecule has 6 aromatic rings. The molecule has 2 aliphatic heterocycles. The van der Waals surface area contributed by atoms with Gasteiger partial charge in [-0.05, 0) is 114 Å². The number of nitrogens with zero attached hydrogens (tertiary/aromatic N) is 4. The van der Waals surface area contributed by atoms with Gasteiger partial charge < -0.3 is 5.11 Å². The van der Waals surface area contributed by atoms with E-state index in [1.165, 1.54) is 0 Å². The second-order valence-electron chi connectivity index (χ2n) is 12.0. The maximum atomic E-state index is 13.7. The molecular formula is C40H24Br4N4O6. The molecule has 7 amide bonds. The van der Waals surface area contributed by atoms with Crippen molar-refractivity contribution in [1.82, 2.24) is 0 Å². The van der Waals surface area contributed by atoms with Crippen molar-refractivity contribution < 1.29 is 29.1 Å². The first-order valence-corrected chi connectivity index (χ1v) is 19.2. The Morgan fingerprint density at radius 2 is 0.815 bits per heavy atom. The Labute approximate surface area is 342 Å². The van der Waals surface area contributed by atoms with Crippen LogP contribution in [0.15, 0.2) is 157 Å². The van der Waals surface area contributed by atoms with E-state index in [-0.39, 0.29) is 0 Å². The normalized spacial score (nSPS) is 17.1. The lowest BCUT2D eigenvalue weighted by Gasteiger charge is -2.30. The average molecular weight is 976 g/mol. The van der Waals surface area contributed by atoms with Crippen molar-refractivity contribution in [2.24, 2.45) is 0 Å². The molecule has 10 nitrogen and oxygen atoms in total. The molecule has 268 valence electrons. The molecule has 0 saturated carbocycles. The summed E-state index contributed by atoms with van der Waals surface area (Å²) < 4.78 is 3.26. The van der Waals surface area contributed by atoms with Crippen molar-refractivity contribution >= 4 is 127 Å². The molecular weight excluding hydrogens is 952 g/mol. The van der Waals surface area contributed by atoms with E-state index in [2.05, 4.69) is 63.7 Å². The number of carbonyl (C=O) groups is 5. The number of benzene rings is 6. The monoisotopic (exact) mass is 972 g/mol. The van der Waals surface area contributed by atoms with Crippen LogP contribution in [0.2, 0.25) is 0 Å². The lowest BCUT2D eigenvalue weighted by Crippen LogP contribution is -2.47. The maximum Gasteiger partial charge on any atom is 0.343 e. The van der Waals surface area contributed by atoms with E-state index in [1.807, 2.05) is 30.3 Å². The topological polar surface area (TPSA) is 119 Å². The molecule has 0 spiro atoms.